The predicted octanol–water partition coefficient (Wildman–Crippen LogP) is 10.7. The van der Waals surface area contributed by atoms with Crippen molar-refractivity contribution in [1.29, 1.82) is 0 Å². The molecule has 0 saturated carbocycles. The molecular formula is C38H21N3OS. The number of aromatic nitrogens is 3. The SMILES string of the molecule is c1ccc(-c2nc(-n3c4ccccc4c4c5sc6ccccc6c5c5c6ccccc6oc5c43)nc3ccccc23)cc1. The van der Waals surface area contributed by atoms with Crippen molar-refractivity contribution in [3.05, 3.63) is 127 Å². The summed E-state index contributed by atoms with van der Waals surface area (Å²) in [6, 6.07) is 44.3. The minimum atomic E-state index is 0.631. The summed E-state index contributed by atoms with van der Waals surface area (Å²) in [5.74, 6) is 0.631. The van der Waals surface area contributed by atoms with Gasteiger partial charge in [0.2, 0.25) is 5.95 Å². The van der Waals surface area contributed by atoms with Gasteiger partial charge in [0, 0.05) is 52.7 Å². The molecule has 0 spiro atoms. The second-order valence-electron chi connectivity index (χ2n) is 10.9. The summed E-state index contributed by atoms with van der Waals surface area (Å²) in [5, 5.41) is 8.13. The fourth-order valence-electron chi connectivity index (χ4n) is 6.80. The summed E-state index contributed by atoms with van der Waals surface area (Å²) in [6.07, 6.45) is 0. The summed E-state index contributed by atoms with van der Waals surface area (Å²) >= 11 is 1.85. The zero-order chi connectivity index (χ0) is 28.1. The largest absolute Gasteiger partial charge is 0.454 e. The molecule has 0 fully saturated rings. The van der Waals surface area contributed by atoms with Gasteiger partial charge in [-0.25, -0.2) is 9.97 Å². The van der Waals surface area contributed by atoms with Crippen LogP contribution in [0.1, 0.15) is 0 Å². The van der Waals surface area contributed by atoms with Gasteiger partial charge in [-0.05, 0) is 24.3 Å². The molecule has 43 heavy (non-hydrogen) atoms. The van der Waals surface area contributed by atoms with Crippen LogP contribution in [0, 0.1) is 0 Å². The predicted molar refractivity (Wildman–Crippen MR) is 179 cm³/mol. The van der Waals surface area contributed by atoms with E-state index in [9.17, 15) is 0 Å². The molecule has 5 heteroatoms. The van der Waals surface area contributed by atoms with Crippen molar-refractivity contribution in [1.82, 2.24) is 14.5 Å². The van der Waals surface area contributed by atoms with Crippen LogP contribution in [-0.4, -0.2) is 14.5 Å². The lowest BCUT2D eigenvalue weighted by Gasteiger charge is -2.12. The molecule has 200 valence electrons. The number of thiophene rings is 1. The Labute approximate surface area is 249 Å². The average Bonchev–Trinajstić information content (AvgIpc) is 3.74. The molecular weight excluding hydrogens is 547 g/mol. The topological polar surface area (TPSA) is 43.9 Å². The normalized spacial score (nSPS) is 12.2. The number of fused-ring (bicyclic) bond motifs is 13. The van der Waals surface area contributed by atoms with Crippen LogP contribution in [0.4, 0.5) is 0 Å². The average molecular weight is 568 g/mol. The van der Waals surface area contributed by atoms with Crippen LogP contribution < -0.4 is 0 Å². The van der Waals surface area contributed by atoms with E-state index < -0.39 is 0 Å². The Kier molecular flexibility index (Phi) is 4.57. The van der Waals surface area contributed by atoms with Crippen molar-refractivity contribution in [2.45, 2.75) is 0 Å². The molecule has 0 aliphatic heterocycles. The minimum Gasteiger partial charge on any atom is -0.454 e. The third kappa shape index (κ3) is 3.09. The van der Waals surface area contributed by atoms with Crippen LogP contribution in [0.3, 0.4) is 0 Å². The van der Waals surface area contributed by atoms with E-state index in [1.54, 1.807) is 0 Å². The molecule has 0 aliphatic carbocycles. The molecule has 0 aliphatic rings. The van der Waals surface area contributed by atoms with Gasteiger partial charge in [0.05, 0.1) is 16.7 Å². The molecule has 4 nitrogen and oxygen atoms in total. The summed E-state index contributed by atoms with van der Waals surface area (Å²) in [6.45, 7) is 0. The summed E-state index contributed by atoms with van der Waals surface area (Å²) in [5.41, 5.74) is 6.67. The molecule has 10 rings (SSSR count). The second-order valence-corrected chi connectivity index (χ2v) is 12.0. The summed E-state index contributed by atoms with van der Waals surface area (Å²) < 4.78 is 11.6. The minimum absolute atomic E-state index is 0.631. The third-order valence-electron chi connectivity index (χ3n) is 8.60. The summed E-state index contributed by atoms with van der Waals surface area (Å²) in [4.78, 5) is 10.5. The van der Waals surface area contributed by atoms with Crippen molar-refractivity contribution >= 4 is 86.2 Å². The van der Waals surface area contributed by atoms with Crippen molar-refractivity contribution < 1.29 is 4.42 Å². The van der Waals surface area contributed by atoms with E-state index in [0.29, 0.717) is 5.95 Å². The maximum absolute atomic E-state index is 6.81. The van der Waals surface area contributed by atoms with Crippen LogP contribution in [0.5, 0.6) is 0 Å². The Balaban J connectivity index is 1.48. The van der Waals surface area contributed by atoms with E-state index in [1.165, 1.54) is 25.6 Å². The smallest absolute Gasteiger partial charge is 0.235 e. The van der Waals surface area contributed by atoms with Gasteiger partial charge in [0.1, 0.15) is 11.1 Å². The Morgan fingerprint density at radius 3 is 2.14 bits per heavy atom. The van der Waals surface area contributed by atoms with Crippen molar-refractivity contribution in [2.24, 2.45) is 0 Å². The van der Waals surface area contributed by atoms with E-state index in [4.69, 9.17) is 14.4 Å². The zero-order valence-corrected chi connectivity index (χ0v) is 23.6. The zero-order valence-electron chi connectivity index (χ0n) is 22.8. The van der Waals surface area contributed by atoms with E-state index in [1.807, 2.05) is 35.6 Å². The second kappa shape index (κ2) is 8.51. The van der Waals surface area contributed by atoms with E-state index in [2.05, 4.69) is 108 Å². The highest BCUT2D eigenvalue weighted by atomic mass is 32.1. The van der Waals surface area contributed by atoms with Crippen molar-refractivity contribution in [2.75, 3.05) is 0 Å². The Morgan fingerprint density at radius 2 is 1.26 bits per heavy atom. The maximum Gasteiger partial charge on any atom is 0.235 e. The van der Waals surface area contributed by atoms with Gasteiger partial charge in [-0.2, -0.15) is 0 Å². The van der Waals surface area contributed by atoms with Gasteiger partial charge in [-0.3, -0.25) is 4.57 Å². The highest BCUT2D eigenvalue weighted by molar-refractivity contribution is 7.27. The Morgan fingerprint density at radius 1 is 0.558 bits per heavy atom. The standard InChI is InChI=1S/C38H21N3OS/c1-2-12-22(13-3-1)34-23-14-4-8-18-27(23)39-38(40-34)41-28-19-9-5-15-24(28)33-35(41)36-31(25-16-6-10-20-29(25)42-36)32-26-17-7-11-21-30(26)43-37(32)33/h1-21H. The lowest BCUT2D eigenvalue weighted by Crippen LogP contribution is -2.03. The van der Waals surface area contributed by atoms with E-state index in [0.717, 1.165) is 60.5 Å². The number of nitrogens with zero attached hydrogens (tertiary/aromatic N) is 3. The van der Waals surface area contributed by atoms with Crippen LogP contribution in [0.2, 0.25) is 0 Å². The Bertz CT molecular complexity index is 2730. The quantitative estimate of drug-likeness (QED) is 0.209. The molecule has 0 N–H and O–H groups in total. The van der Waals surface area contributed by atoms with E-state index in [-0.39, 0.29) is 0 Å². The van der Waals surface area contributed by atoms with Gasteiger partial charge in [-0.15, -0.1) is 11.3 Å². The first-order chi connectivity index (χ1) is 21.3. The van der Waals surface area contributed by atoms with Crippen molar-refractivity contribution in [3.8, 4) is 17.2 Å². The lowest BCUT2D eigenvalue weighted by molar-refractivity contribution is 0.671. The first-order valence-electron chi connectivity index (χ1n) is 14.4. The monoisotopic (exact) mass is 567 g/mol. The van der Waals surface area contributed by atoms with Gasteiger partial charge in [0.15, 0.2) is 5.58 Å². The molecule has 0 unspecified atom stereocenters. The number of hydrogen-bond acceptors (Lipinski definition) is 4. The molecule has 0 radical (unpaired) electrons. The van der Waals surface area contributed by atoms with Crippen LogP contribution in [0.15, 0.2) is 132 Å². The molecule has 0 saturated heterocycles. The number of hydrogen-bond donors (Lipinski definition) is 0. The van der Waals surface area contributed by atoms with Crippen LogP contribution in [-0.2, 0) is 0 Å². The fourth-order valence-corrected chi connectivity index (χ4v) is 8.07. The molecule has 0 amide bonds. The van der Waals surface area contributed by atoms with Gasteiger partial charge >= 0.3 is 0 Å². The fraction of sp³-hybridized carbons (Fsp3) is 0. The summed E-state index contributed by atoms with van der Waals surface area (Å²) in [7, 11) is 0. The maximum atomic E-state index is 6.81. The highest BCUT2D eigenvalue weighted by Gasteiger charge is 2.26. The number of para-hydroxylation sites is 3. The van der Waals surface area contributed by atoms with Crippen LogP contribution >= 0.6 is 11.3 Å². The molecule has 0 atom stereocenters. The molecule has 4 heterocycles. The van der Waals surface area contributed by atoms with Gasteiger partial charge in [-0.1, -0.05) is 103 Å². The van der Waals surface area contributed by atoms with E-state index >= 15 is 0 Å². The lowest BCUT2D eigenvalue weighted by atomic mass is 10.0. The highest BCUT2D eigenvalue weighted by Crippen LogP contribution is 2.50. The first kappa shape index (κ1) is 23.1. The third-order valence-corrected chi connectivity index (χ3v) is 9.78. The van der Waals surface area contributed by atoms with Gasteiger partial charge in [0.25, 0.3) is 0 Å². The van der Waals surface area contributed by atoms with Crippen LogP contribution in [0.25, 0.3) is 92.0 Å². The molecule has 0 bridgehead atoms. The van der Waals surface area contributed by atoms with Gasteiger partial charge < -0.3 is 4.42 Å². The molecule has 10 aromatic rings. The van der Waals surface area contributed by atoms with Crippen molar-refractivity contribution in [3.63, 3.8) is 0 Å². The molecule has 6 aromatic carbocycles. The first-order valence-corrected chi connectivity index (χ1v) is 15.2. The number of rotatable bonds is 2. The number of benzene rings is 6. The number of furan rings is 1. The molecule has 4 aromatic heterocycles. The Hall–Kier alpha value is -5.52.